The Balaban J connectivity index is 1.24. The molecule has 236 valence electrons. The van der Waals surface area contributed by atoms with Crippen molar-refractivity contribution >= 4 is 39.0 Å². The molecule has 1 aromatic heterocycles. The van der Waals surface area contributed by atoms with Crippen LogP contribution in [0.4, 0.5) is 17.1 Å². The summed E-state index contributed by atoms with van der Waals surface area (Å²) < 4.78 is 6.43. The van der Waals surface area contributed by atoms with Crippen LogP contribution in [0.15, 0.2) is 205 Å². The average molecular weight is 640 g/mol. The van der Waals surface area contributed by atoms with Gasteiger partial charge in [0.1, 0.15) is 11.2 Å². The Bertz CT molecular complexity index is 2600. The van der Waals surface area contributed by atoms with Gasteiger partial charge < -0.3 is 9.32 Å². The van der Waals surface area contributed by atoms with Gasteiger partial charge in [-0.05, 0) is 81.4 Å². The minimum Gasteiger partial charge on any atom is -0.456 e. The van der Waals surface area contributed by atoms with Crippen molar-refractivity contribution in [3.63, 3.8) is 0 Å². The number of anilines is 3. The van der Waals surface area contributed by atoms with Gasteiger partial charge in [-0.3, -0.25) is 0 Å². The smallest absolute Gasteiger partial charge is 0.137 e. The van der Waals surface area contributed by atoms with E-state index >= 15 is 0 Å². The van der Waals surface area contributed by atoms with Crippen LogP contribution in [0.25, 0.3) is 66.4 Å². The lowest BCUT2D eigenvalue weighted by molar-refractivity contribution is 0.669. The summed E-state index contributed by atoms with van der Waals surface area (Å²) >= 11 is 0. The molecule has 0 saturated carbocycles. The summed E-state index contributed by atoms with van der Waals surface area (Å²) in [5, 5.41) is 2.23. The Morgan fingerprint density at radius 3 is 1.64 bits per heavy atom. The predicted molar refractivity (Wildman–Crippen MR) is 210 cm³/mol. The number of nitrogens with zero attached hydrogens (tertiary/aromatic N) is 1. The topological polar surface area (TPSA) is 16.4 Å². The number of furan rings is 1. The number of rotatable bonds is 7. The molecular weight excluding hydrogens is 607 g/mol. The molecule has 2 heteroatoms. The number of hydrogen-bond donors (Lipinski definition) is 0. The van der Waals surface area contributed by atoms with Gasteiger partial charge in [0, 0.05) is 33.8 Å². The first-order valence-electron chi connectivity index (χ1n) is 17.0. The van der Waals surface area contributed by atoms with Gasteiger partial charge in [-0.2, -0.15) is 0 Å². The molecule has 0 unspecified atom stereocenters. The van der Waals surface area contributed by atoms with Crippen molar-refractivity contribution in [1.29, 1.82) is 0 Å². The summed E-state index contributed by atoms with van der Waals surface area (Å²) in [6.45, 7) is 0. The first kappa shape index (κ1) is 29.5. The zero-order valence-electron chi connectivity index (χ0n) is 27.4. The van der Waals surface area contributed by atoms with E-state index in [-0.39, 0.29) is 0 Å². The standard InChI is InChI=1S/C48H33NO/c1-3-15-34(16-4-1)36-19-13-20-37(31-36)43-25-9-11-27-46(43)49(40-29-30-45-44-26-10-12-28-47(44)50-48(45)33-40)39-22-14-21-38(32-39)42-24-8-7-23-41(42)35-17-5-2-6-18-35/h1-33H. The van der Waals surface area contributed by atoms with Gasteiger partial charge in [0.2, 0.25) is 0 Å². The lowest BCUT2D eigenvalue weighted by Gasteiger charge is -2.28. The molecular formula is C48H33NO. The summed E-state index contributed by atoms with van der Waals surface area (Å²) in [6, 6.07) is 71.1. The molecule has 0 aliphatic heterocycles. The molecule has 9 rings (SSSR count). The van der Waals surface area contributed by atoms with E-state index in [9.17, 15) is 0 Å². The largest absolute Gasteiger partial charge is 0.456 e. The third-order valence-corrected chi connectivity index (χ3v) is 9.47. The normalized spacial score (nSPS) is 11.2. The SMILES string of the molecule is c1ccc(-c2cccc(-c3ccccc3N(c3cccc(-c4ccccc4-c4ccccc4)c3)c3ccc4c(c3)oc3ccccc34)c2)cc1. The molecule has 0 radical (unpaired) electrons. The van der Waals surface area contributed by atoms with E-state index in [1.807, 2.05) is 12.1 Å². The van der Waals surface area contributed by atoms with Crippen LogP contribution < -0.4 is 4.90 Å². The third kappa shape index (κ3) is 5.43. The second kappa shape index (κ2) is 12.8. The fourth-order valence-electron chi connectivity index (χ4n) is 7.11. The molecule has 0 amide bonds. The molecule has 0 bridgehead atoms. The van der Waals surface area contributed by atoms with E-state index in [1.165, 1.54) is 27.8 Å². The third-order valence-electron chi connectivity index (χ3n) is 9.47. The zero-order chi connectivity index (χ0) is 33.3. The fraction of sp³-hybridized carbons (Fsp3) is 0. The number of fused-ring (bicyclic) bond motifs is 3. The van der Waals surface area contributed by atoms with Crippen molar-refractivity contribution < 1.29 is 4.42 Å². The van der Waals surface area contributed by atoms with Crippen molar-refractivity contribution in [1.82, 2.24) is 0 Å². The number of para-hydroxylation sites is 2. The summed E-state index contributed by atoms with van der Waals surface area (Å²) in [5.41, 5.74) is 14.4. The maximum Gasteiger partial charge on any atom is 0.137 e. The van der Waals surface area contributed by atoms with E-state index < -0.39 is 0 Å². The molecule has 50 heavy (non-hydrogen) atoms. The van der Waals surface area contributed by atoms with Crippen LogP contribution in [0.2, 0.25) is 0 Å². The highest BCUT2D eigenvalue weighted by atomic mass is 16.3. The van der Waals surface area contributed by atoms with E-state index in [1.54, 1.807) is 0 Å². The number of benzene rings is 8. The van der Waals surface area contributed by atoms with Crippen molar-refractivity contribution in [2.75, 3.05) is 4.90 Å². The highest BCUT2D eigenvalue weighted by Gasteiger charge is 2.20. The van der Waals surface area contributed by atoms with Crippen molar-refractivity contribution in [2.24, 2.45) is 0 Å². The first-order chi connectivity index (χ1) is 24.8. The lowest BCUT2D eigenvalue weighted by Crippen LogP contribution is -2.11. The average Bonchev–Trinajstić information content (AvgIpc) is 3.57. The second-order valence-corrected chi connectivity index (χ2v) is 12.5. The summed E-state index contributed by atoms with van der Waals surface area (Å²) in [5.74, 6) is 0. The minimum atomic E-state index is 0.864. The van der Waals surface area contributed by atoms with Gasteiger partial charge in [0.05, 0.1) is 5.69 Å². The molecule has 0 saturated heterocycles. The molecule has 0 N–H and O–H groups in total. The first-order valence-corrected chi connectivity index (χ1v) is 17.0. The van der Waals surface area contributed by atoms with Crippen LogP contribution in [0.1, 0.15) is 0 Å². The second-order valence-electron chi connectivity index (χ2n) is 12.5. The van der Waals surface area contributed by atoms with E-state index in [0.717, 1.165) is 55.7 Å². The zero-order valence-corrected chi connectivity index (χ0v) is 27.4. The van der Waals surface area contributed by atoms with E-state index in [0.29, 0.717) is 0 Å². The van der Waals surface area contributed by atoms with E-state index in [2.05, 4.69) is 193 Å². The van der Waals surface area contributed by atoms with Crippen molar-refractivity contribution in [3.8, 4) is 44.5 Å². The van der Waals surface area contributed by atoms with Gasteiger partial charge in [-0.15, -0.1) is 0 Å². The molecule has 2 nitrogen and oxygen atoms in total. The van der Waals surface area contributed by atoms with Gasteiger partial charge in [-0.1, -0.05) is 152 Å². The van der Waals surface area contributed by atoms with Crippen LogP contribution in [0, 0.1) is 0 Å². The molecule has 0 atom stereocenters. The Morgan fingerprint density at radius 1 is 0.300 bits per heavy atom. The molecule has 0 aliphatic carbocycles. The van der Waals surface area contributed by atoms with Crippen LogP contribution in [-0.4, -0.2) is 0 Å². The number of hydrogen-bond acceptors (Lipinski definition) is 2. The highest BCUT2D eigenvalue weighted by Crippen LogP contribution is 2.44. The highest BCUT2D eigenvalue weighted by molar-refractivity contribution is 6.06. The Morgan fingerprint density at radius 2 is 0.840 bits per heavy atom. The monoisotopic (exact) mass is 639 g/mol. The molecule has 0 fully saturated rings. The Kier molecular flexibility index (Phi) is 7.53. The summed E-state index contributed by atoms with van der Waals surface area (Å²) in [4.78, 5) is 2.37. The van der Waals surface area contributed by atoms with Gasteiger partial charge in [0.15, 0.2) is 0 Å². The molecule has 1 heterocycles. The Hall–Kier alpha value is -6.64. The van der Waals surface area contributed by atoms with Gasteiger partial charge >= 0.3 is 0 Å². The fourth-order valence-corrected chi connectivity index (χ4v) is 7.11. The van der Waals surface area contributed by atoms with Crippen LogP contribution in [-0.2, 0) is 0 Å². The maximum absolute atomic E-state index is 6.43. The molecule has 9 aromatic rings. The molecule has 0 aliphatic rings. The summed E-state index contributed by atoms with van der Waals surface area (Å²) in [7, 11) is 0. The van der Waals surface area contributed by atoms with Crippen molar-refractivity contribution in [2.45, 2.75) is 0 Å². The molecule has 8 aromatic carbocycles. The quantitative estimate of drug-likeness (QED) is 0.173. The predicted octanol–water partition coefficient (Wildman–Crippen LogP) is 13.7. The lowest BCUT2D eigenvalue weighted by atomic mass is 9.94. The molecule has 0 spiro atoms. The van der Waals surface area contributed by atoms with Crippen LogP contribution in [0.3, 0.4) is 0 Å². The van der Waals surface area contributed by atoms with Crippen LogP contribution in [0.5, 0.6) is 0 Å². The van der Waals surface area contributed by atoms with Gasteiger partial charge in [-0.25, -0.2) is 0 Å². The van der Waals surface area contributed by atoms with Crippen LogP contribution >= 0.6 is 0 Å². The summed E-state index contributed by atoms with van der Waals surface area (Å²) in [6.07, 6.45) is 0. The Labute approximate surface area is 292 Å². The van der Waals surface area contributed by atoms with E-state index in [4.69, 9.17) is 4.42 Å². The van der Waals surface area contributed by atoms with Crippen molar-refractivity contribution in [3.05, 3.63) is 200 Å². The van der Waals surface area contributed by atoms with Gasteiger partial charge in [0.25, 0.3) is 0 Å². The minimum absolute atomic E-state index is 0.864. The maximum atomic E-state index is 6.43.